The van der Waals surface area contributed by atoms with Gasteiger partial charge in [-0.2, -0.15) is 0 Å². The Balaban J connectivity index is 0.000000199. The number of aliphatic imine (C=N–C) groups is 5. The Morgan fingerprint density at radius 2 is 0.877 bits per heavy atom. The van der Waals surface area contributed by atoms with Crippen molar-refractivity contribution in [2.45, 2.75) is 212 Å². The van der Waals surface area contributed by atoms with Crippen LogP contribution in [0.15, 0.2) is 148 Å². The monoisotopic (exact) mass is 1670 g/mol. The number of unbranched alkanes of at least 4 members (excludes halogenated alkanes) is 4. The van der Waals surface area contributed by atoms with Crippen LogP contribution in [0.4, 0.5) is 26.3 Å². The first-order valence-electron chi connectivity index (χ1n) is 36.4. The van der Waals surface area contributed by atoms with Crippen molar-refractivity contribution in [3.05, 3.63) is 123 Å². The zero-order valence-electron chi connectivity index (χ0n) is 63.7. The smallest absolute Gasteiger partial charge is 0.323 e. The van der Waals surface area contributed by atoms with E-state index < -0.39 is 178 Å². The third kappa shape index (κ3) is 20.1. The quantitative estimate of drug-likeness (QED) is 0.0252. The minimum Gasteiger partial charge on any atom is -0.456 e. The lowest BCUT2D eigenvalue weighted by Gasteiger charge is -2.33. The molecule has 42 heteroatoms. The molecule has 11 aliphatic rings. The normalized spacial score (nSPS) is 35.4. The molecule has 5 saturated heterocycles. The van der Waals surface area contributed by atoms with Crippen molar-refractivity contribution < 1.29 is 115 Å². The number of carbonyl (C=O) groups excluding carboxylic acids is 2. The fraction of sp³-hybridized carbons (Fsp3) is 0.625. The van der Waals surface area contributed by atoms with Gasteiger partial charge in [0.2, 0.25) is 0 Å². The first-order valence-corrected chi connectivity index (χ1v) is 37.5. The number of rotatable bonds is 26. The van der Waals surface area contributed by atoms with Crippen LogP contribution in [0.2, 0.25) is 0 Å². The molecule has 0 aromatic carbocycles. The van der Waals surface area contributed by atoms with Gasteiger partial charge in [-0.3, -0.25) is 9.59 Å². The van der Waals surface area contributed by atoms with E-state index in [1.54, 1.807) is 13.8 Å². The summed E-state index contributed by atoms with van der Waals surface area (Å²) in [4.78, 5) is 50.6. The molecule has 114 heavy (non-hydrogen) atoms. The summed E-state index contributed by atoms with van der Waals surface area (Å²) in [6.07, 6.45) is -2.96. The first kappa shape index (κ1) is 93.4. The SMILES string of the molecule is C=C1N=C(N)C=CN1[C@@H]1O[C@@](CO)(C(C)F)[C@@H](O)[C@H]1F.C=C1N=C(N)C=CN1[C@@H]1O[C@@](CO)(C2CC2)[C@@H](O)[C@H]1F.C=C1N=C(N)C=CN1[C@@H]1O[C@@](CO)(CCl)[C@@H](OC(=O)C(N)C(C)C)[C@H]1F.C=C1N=C(N)C=CN1[C@@H]1O[C@@](CO)(CCl)[C@@H](OC(=O)CCCCCCC)[C@H]1F.C=C1N=C(N)C=CN1[C@@H]1O[C@@](CO)(COC)[C@@H](O)[C@H]1F. The van der Waals surface area contributed by atoms with Crippen LogP contribution in [0.1, 0.15) is 79.1 Å². The highest BCUT2D eigenvalue weighted by atomic mass is 35.5. The van der Waals surface area contributed by atoms with E-state index in [1.165, 1.54) is 93.0 Å². The van der Waals surface area contributed by atoms with Crippen LogP contribution in [0.3, 0.4) is 0 Å². The molecule has 10 aliphatic heterocycles. The summed E-state index contributed by atoms with van der Waals surface area (Å²) in [5.41, 5.74) is 25.5. The van der Waals surface area contributed by atoms with E-state index in [0.29, 0.717) is 6.42 Å². The van der Waals surface area contributed by atoms with Crippen LogP contribution in [0.25, 0.3) is 0 Å². The second-order valence-electron chi connectivity index (χ2n) is 28.7. The maximum atomic E-state index is 15.3. The van der Waals surface area contributed by atoms with E-state index in [1.807, 2.05) is 0 Å². The fourth-order valence-corrected chi connectivity index (χ4v) is 14.0. The predicted octanol–water partition coefficient (Wildman–Crippen LogP) is 1.49. The van der Waals surface area contributed by atoms with Crippen LogP contribution >= 0.6 is 23.2 Å². The van der Waals surface area contributed by atoms with E-state index >= 15 is 8.78 Å². The van der Waals surface area contributed by atoms with Crippen molar-refractivity contribution >= 4 is 64.3 Å². The molecule has 0 aromatic rings. The molecule has 34 nitrogen and oxygen atoms in total. The van der Waals surface area contributed by atoms with Gasteiger partial charge in [0.1, 0.15) is 111 Å². The Labute approximate surface area is 665 Å². The number of halogens is 8. The third-order valence-electron chi connectivity index (χ3n) is 20.4. The van der Waals surface area contributed by atoms with Crippen molar-refractivity contribution in [2.24, 2.45) is 71.2 Å². The number of hydrogen-bond donors (Lipinski definition) is 14. The van der Waals surface area contributed by atoms with Gasteiger partial charge in [0, 0.05) is 44.5 Å². The van der Waals surface area contributed by atoms with E-state index in [-0.39, 0.29) is 94.9 Å². The minimum atomic E-state index is -2.01. The highest BCUT2D eigenvalue weighted by Gasteiger charge is 2.65. The van der Waals surface area contributed by atoms with E-state index in [0.717, 1.165) is 45.4 Å². The van der Waals surface area contributed by atoms with Gasteiger partial charge in [0.05, 0.1) is 51.4 Å². The molecule has 2 unspecified atom stereocenters. The number of carbonyl (C=O) groups is 2. The number of alkyl halides is 8. The summed E-state index contributed by atoms with van der Waals surface area (Å²) in [7, 11) is 1.37. The molecule has 22 atom stereocenters. The minimum absolute atomic E-state index is 0.0126. The average Bonchev–Trinajstić information content (AvgIpc) is 1.58. The summed E-state index contributed by atoms with van der Waals surface area (Å²) in [5.74, 6) is -0.105. The summed E-state index contributed by atoms with van der Waals surface area (Å²) in [6.45, 7) is 21.8. The van der Waals surface area contributed by atoms with Crippen LogP contribution in [0, 0.1) is 11.8 Å². The van der Waals surface area contributed by atoms with Crippen LogP contribution in [-0.4, -0.2) is 298 Å². The molecule has 1 aliphatic carbocycles. The number of esters is 2. The molecular weight excluding hydrogens is 1560 g/mol. The molecular formula is C72H106Cl2F6N16O18. The van der Waals surface area contributed by atoms with E-state index in [2.05, 4.69) is 64.8 Å². The van der Waals surface area contributed by atoms with Crippen molar-refractivity contribution in [3.63, 3.8) is 0 Å². The zero-order valence-corrected chi connectivity index (χ0v) is 65.2. The lowest BCUT2D eigenvalue weighted by atomic mass is 9.91. The van der Waals surface area contributed by atoms with Gasteiger partial charge in [-0.25, -0.2) is 51.3 Å². The maximum absolute atomic E-state index is 15.3. The highest BCUT2D eigenvalue weighted by molar-refractivity contribution is 6.19. The summed E-state index contributed by atoms with van der Waals surface area (Å²) < 4.78 is 131. The second kappa shape index (κ2) is 39.9. The highest BCUT2D eigenvalue weighted by Crippen LogP contribution is 2.51. The van der Waals surface area contributed by atoms with Crippen molar-refractivity contribution in [2.75, 3.05) is 58.5 Å². The van der Waals surface area contributed by atoms with Crippen LogP contribution < -0.4 is 34.4 Å². The average molecular weight is 1670 g/mol. The molecule has 20 N–H and O–H groups in total. The number of aliphatic hydroxyl groups is 8. The van der Waals surface area contributed by atoms with Gasteiger partial charge in [-0.15, -0.1) is 23.2 Å². The first-order chi connectivity index (χ1) is 53.8. The van der Waals surface area contributed by atoms with Gasteiger partial charge in [-0.05, 0) is 68.4 Å². The Hall–Kier alpha value is -7.75. The van der Waals surface area contributed by atoms with Crippen molar-refractivity contribution in [3.8, 4) is 0 Å². The largest absolute Gasteiger partial charge is 0.456 e. The van der Waals surface area contributed by atoms with Gasteiger partial charge in [0.15, 0.2) is 79.8 Å². The summed E-state index contributed by atoms with van der Waals surface area (Å²) >= 11 is 11.9. The maximum Gasteiger partial charge on any atom is 0.323 e. The van der Waals surface area contributed by atoms with Crippen LogP contribution in [0.5, 0.6) is 0 Å². The topological polar surface area (TPSA) is 504 Å². The third-order valence-corrected chi connectivity index (χ3v) is 21.3. The zero-order chi connectivity index (χ0) is 84.9. The molecule has 0 bridgehead atoms. The number of methoxy groups -OCH3 is 1. The Morgan fingerprint density at radius 3 is 1.20 bits per heavy atom. The van der Waals surface area contributed by atoms with Gasteiger partial charge >= 0.3 is 11.9 Å². The Morgan fingerprint density at radius 1 is 0.526 bits per heavy atom. The van der Waals surface area contributed by atoms with Crippen molar-refractivity contribution in [1.29, 1.82) is 0 Å². The molecule has 0 amide bonds. The molecule has 1 saturated carbocycles. The molecule has 0 aromatic heterocycles. The fourth-order valence-electron chi connectivity index (χ4n) is 13.4. The number of hydrogen-bond acceptors (Lipinski definition) is 34. The lowest BCUT2D eigenvalue weighted by Crippen LogP contribution is -2.52. The molecule has 0 spiro atoms. The molecule has 10 heterocycles. The standard InChI is InChI=1S/C19H29ClFN3O4.C16H24ClFN4O4.C13H18FN3O3.C12H17F2N3O3.C12H18FN3O4/c1-3-4-5-6-7-8-15(26)27-17-16(21)18(28-19(17,11-20)12-25)24-10-9-14(22)23-13(24)2;1-8(2)12(20)15(24)25-13-11(18)14(26-16(13,6-17)7-23)22-5-4-10(19)21-9(22)3;1-7-16-9(15)4-5-17(7)12-10(14)11(19)13(6-18,20-12)8-2-3-8;1-6(13)12(5-18)10(19)9(14)11(20-12)17-4-3-8(15)16-7(17)2;1-7-15-8(14)3-4-16(7)11-9(13)10(18)12(5-17,20-11)6-19-2/h9-10,16-18,25H,2-8,11-12H2,1H3,(H2,22,23);4-5,8,11-14,23H,3,6-7,20H2,1-2H3,(H2,19,21);4-5,8,10-12,18-19H,1-3,6H2,(H2,15,16);3-4,6,9-11,18-19H,2,5H2,1H3,(H2,15,16);3-4,9-11,17-18H,1,5-6H2,2H3,(H2,14,15)/t16-,17+,18-,19-;11-,12?,13+,14-,16-;10-,11+,12-,13+;6?,9-,10+,11-,12+;9-,10+,11-,12+/m11111/s1. The Kier molecular flexibility index (Phi) is 32.7. The van der Waals surface area contributed by atoms with Gasteiger partial charge < -0.3 is 138 Å². The van der Waals surface area contributed by atoms with Gasteiger partial charge in [-0.1, -0.05) is 79.3 Å². The molecule has 0 radical (unpaired) electrons. The lowest BCUT2D eigenvalue weighted by molar-refractivity contribution is -0.168. The summed E-state index contributed by atoms with van der Waals surface area (Å²) in [6, 6.07) is -0.942. The number of ether oxygens (including phenoxy) is 8. The van der Waals surface area contributed by atoms with Crippen LogP contribution in [-0.2, 0) is 47.5 Å². The van der Waals surface area contributed by atoms with Gasteiger partial charge in [0.25, 0.3) is 0 Å². The molecule has 11 rings (SSSR count). The number of amidine groups is 5. The van der Waals surface area contributed by atoms with Crippen molar-refractivity contribution in [1.82, 2.24) is 24.5 Å². The number of aliphatic hydroxyl groups excluding tert-OH is 8. The van der Waals surface area contributed by atoms with E-state index in [9.17, 15) is 68.0 Å². The second-order valence-corrected chi connectivity index (χ2v) is 29.2. The predicted molar refractivity (Wildman–Crippen MR) is 407 cm³/mol. The molecule has 6 fully saturated rings. The number of nitrogens with zero attached hydrogens (tertiary/aromatic N) is 10. The summed E-state index contributed by atoms with van der Waals surface area (Å²) in [5, 5.41) is 78.0. The molecule has 638 valence electrons. The Bertz CT molecular complexity index is 3670. The number of nitrogens with two attached hydrogens (primary N) is 6. The van der Waals surface area contributed by atoms with E-state index in [4.69, 9.17) is 95.5 Å².